The molecule has 0 aliphatic heterocycles. The molecule has 20 heavy (non-hydrogen) atoms. The van der Waals surface area contributed by atoms with E-state index in [4.69, 9.17) is 11.6 Å². The number of nitrogens with zero attached hydrogens (tertiary/aromatic N) is 2. The highest BCUT2D eigenvalue weighted by Gasteiger charge is 2.31. The van der Waals surface area contributed by atoms with Crippen LogP contribution in [0, 0.1) is 5.92 Å². The summed E-state index contributed by atoms with van der Waals surface area (Å²) in [6.45, 7) is 2.08. The highest BCUT2D eigenvalue weighted by atomic mass is 35.5. The molecule has 1 aromatic heterocycles. The Labute approximate surface area is 122 Å². The first-order chi connectivity index (χ1) is 9.56. The molecule has 0 bridgehead atoms. The fraction of sp³-hybridized carbons (Fsp3) is 0.333. The van der Waals surface area contributed by atoms with Crippen LogP contribution in [0.3, 0.4) is 0 Å². The molecule has 1 fully saturated rings. The second-order valence-corrected chi connectivity index (χ2v) is 5.70. The molecule has 1 unspecified atom stereocenters. The maximum Gasteiger partial charge on any atom is 0.339 e. The Morgan fingerprint density at radius 1 is 1.50 bits per heavy atom. The van der Waals surface area contributed by atoms with E-state index in [1.165, 1.54) is 12.8 Å². The van der Waals surface area contributed by atoms with Gasteiger partial charge >= 0.3 is 5.97 Å². The number of rotatable bonds is 4. The zero-order valence-electron chi connectivity index (χ0n) is 11.1. The summed E-state index contributed by atoms with van der Waals surface area (Å²) in [6, 6.07) is 7.36. The molecule has 2 aromatic rings. The van der Waals surface area contributed by atoms with Crippen LogP contribution in [0.25, 0.3) is 11.3 Å². The summed E-state index contributed by atoms with van der Waals surface area (Å²) in [5, 5.41) is 14.4. The van der Waals surface area contributed by atoms with Crippen LogP contribution >= 0.6 is 11.6 Å². The number of hydrogen-bond donors (Lipinski definition) is 1. The molecule has 4 nitrogen and oxygen atoms in total. The lowest BCUT2D eigenvalue weighted by atomic mass is 10.1. The molecule has 1 aromatic carbocycles. The third-order valence-electron chi connectivity index (χ3n) is 3.78. The van der Waals surface area contributed by atoms with Gasteiger partial charge in [0.1, 0.15) is 11.3 Å². The van der Waals surface area contributed by atoms with Crippen molar-refractivity contribution >= 4 is 17.6 Å². The first-order valence-corrected chi connectivity index (χ1v) is 7.02. The van der Waals surface area contributed by atoms with Crippen LogP contribution in [-0.4, -0.2) is 20.9 Å². The van der Waals surface area contributed by atoms with E-state index < -0.39 is 5.97 Å². The van der Waals surface area contributed by atoms with E-state index in [-0.39, 0.29) is 11.6 Å². The first kappa shape index (κ1) is 13.2. The van der Waals surface area contributed by atoms with Gasteiger partial charge in [-0.25, -0.2) is 4.79 Å². The van der Waals surface area contributed by atoms with Crippen molar-refractivity contribution in [3.8, 4) is 11.3 Å². The quantitative estimate of drug-likeness (QED) is 0.930. The van der Waals surface area contributed by atoms with Gasteiger partial charge in [-0.1, -0.05) is 23.7 Å². The summed E-state index contributed by atoms with van der Waals surface area (Å²) in [7, 11) is 0. The lowest BCUT2D eigenvalue weighted by Gasteiger charge is -2.09. The van der Waals surface area contributed by atoms with Gasteiger partial charge < -0.3 is 5.11 Å². The van der Waals surface area contributed by atoms with E-state index >= 15 is 0 Å². The number of hydrogen-bond acceptors (Lipinski definition) is 2. The van der Waals surface area contributed by atoms with E-state index in [2.05, 4.69) is 12.0 Å². The molecule has 1 saturated carbocycles. The molecular formula is C15H15ClN2O2. The van der Waals surface area contributed by atoms with E-state index in [0.29, 0.717) is 16.6 Å². The highest BCUT2D eigenvalue weighted by Crippen LogP contribution is 2.39. The van der Waals surface area contributed by atoms with Gasteiger partial charge in [-0.05, 0) is 37.8 Å². The van der Waals surface area contributed by atoms with Crippen molar-refractivity contribution in [2.24, 2.45) is 5.92 Å². The first-order valence-electron chi connectivity index (χ1n) is 6.64. The maximum absolute atomic E-state index is 11.4. The van der Waals surface area contributed by atoms with Crippen molar-refractivity contribution in [3.63, 3.8) is 0 Å². The van der Waals surface area contributed by atoms with Gasteiger partial charge in [0.05, 0.1) is 6.04 Å². The van der Waals surface area contributed by atoms with Crippen molar-refractivity contribution in [2.75, 3.05) is 0 Å². The highest BCUT2D eigenvalue weighted by molar-refractivity contribution is 6.30. The van der Waals surface area contributed by atoms with Crippen molar-refractivity contribution in [3.05, 3.63) is 41.0 Å². The Hall–Kier alpha value is -1.81. The van der Waals surface area contributed by atoms with Crippen molar-refractivity contribution in [1.29, 1.82) is 0 Å². The summed E-state index contributed by atoms with van der Waals surface area (Å²) in [4.78, 5) is 11.4. The van der Waals surface area contributed by atoms with E-state index in [1.54, 1.807) is 29.1 Å². The Morgan fingerprint density at radius 2 is 2.25 bits per heavy atom. The second kappa shape index (κ2) is 4.94. The van der Waals surface area contributed by atoms with E-state index in [9.17, 15) is 9.90 Å². The van der Waals surface area contributed by atoms with Crippen LogP contribution in [0.1, 0.15) is 36.2 Å². The number of carboxylic acids is 1. The topological polar surface area (TPSA) is 55.1 Å². The van der Waals surface area contributed by atoms with Gasteiger partial charge in [-0.2, -0.15) is 5.10 Å². The predicted molar refractivity (Wildman–Crippen MR) is 77.1 cm³/mol. The molecule has 0 spiro atoms. The zero-order valence-corrected chi connectivity index (χ0v) is 11.8. The SMILES string of the molecule is CC(C1CC1)n1cc(C(=O)O)c(-c2cccc(Cl)c2)n1. The third kappa shape index (κ3) is 2.43. The molecule has 1 aliphatic rings. The normalized spacial score (nSPS) is 16.1. The van der Waals surface area contributed by atoms with Crippen LogP contribution in [0.2, 0.25) is 5.02 Å². The fourth-order valence-corrected chi connectivity index (χ4v) is 2.59. The van der Waals surface area contributed by atoms with Crippen LogP contribution < -0.4 is 0 Å². The molecule has 0 saturated heterocycles. The number of carbonyl (C=O) groups is 1. The Morgan fingerprint density at radius 3 is 2.85 bits per heavy atom. The number of halogens is 1. The van der Waals surface area contributed by atoms with Gasteiger partial charge in [0.15, 0.2) is 0 Å². The lowest BCUT2D eigenvalue weighted by molar-refractivity contribution is 0.0697. The molecule has 1 N–H and O–H groups in total. The molecule has 3 rings (SSSR count). The van der Waals surface area contributed by atoms with Crippen LogP contribution in [-0.2, 0) is 0 Å². The molecule has 1 heterocycles. The smallest absolute Gasteiger partial charge is 0.339 e. The Bertz CT molecular complexity index is 662. The van der Waals surface area contributed by atoms with Crippen molar-refractivity contribution in [2.45, 2.75) is 25.8 Å². The summed E-state index contributed by atoms with van der Waals surface area (Å²) < 4.78 is 1.78. The number of aromatic carboxylic acids is 1. The predicted octanol–water partition coefficient (Wildman–Crippen LogP) is 3.87. The van der Waals surface area contributed by atoms with Gasteiger partial charge in [0, 0.05) is 16.8 Å². The zero-order chi connectivity index (χ0) is 14.3. The summed E-state index contributed by atoms with van der Waals surface area (Å²) in [5.74, 6) is -0.349. The largest absolute Gasteiger partial charge is 0.478 e. The summed E-state index contributed by atoms with van der Waals surface area (Å²) >= 11 is 5.97. The maximum atomic E-state index is 11.4. The standard InChI is InChI=1S/C15H15ClN2O2/c1-9(10-5-6-10)18-8-13(15(19)20)14(17-18)11-3-2-4-12(16)7-11/h2-4,7-10H,5-6H2,1H3,(H,19,20). The van der Waals surface area contributed by atoms with Gasteiger partial charge in [0.25, 0.3) is 0 Å². The van der Waals surface area contributed by atoms with Crippen LogP contribution in [0.5, 0.6) is 0 Å². The minimum Gasteiger partial charge on any atom is -0.478 e. The molecule has 1 atom stereocenters. The Kier molecular flexibility index (Phi) is 3.26. The minimum atomic E-state index is -0.964. The molecule has 1 aliphatic carbocycles. The average molecular weight is 291 g/mol. The Balaban J connectivity index is 2.06. The van der Waals surface area contributed by atoms with Gasteiger partial charge in [-0.15, -0.1) is 0 Å². The second-order valence-electron chi connectivity index (χ2n) is 5.26. The number of carboxylic acid groups (broad SMARTS) is 1. The molecular weight excluding hydrogens is 276 g/mol. The molecule has 5 heteroatoms. The minimum absolute atomic E-state index is 0.222. The summed E-state index contributed by atoms with van der Waals surface area (Å²) in [6.07, 6.45) is 4.01. The van der Waals surface area contributed by atoms with Crippen molar-refractivity contribution < 1.29 is 9.90 Å². The van der Waals surface area contributed by atoms with Crippen LogP contribution in [0.15, 0.2) is 30.5 Å². The fourth-order valence-electron chi connectivity index (χ4n) is 2.40. The van der Waals surface area contributed by atoms with Crippen LogP contribution in [0.4, 0.5) is 0 Å². The monoisotopic (exact) mass is 290 g/mol. The van der Waals surface area contributed by atoms with Crippen molar-refractivity contribution in [1.82, 2.24) is 9.78 Å². The van der Waals surface area contributed by atoms with Gasteiger partial charge in [0.2, 0.25) is 0 Å². The third-order valence-corrected chi connectivity index (χ3v) is 4.02. The molecule has 0 radical (unpaired) electrons. The number of aromatic nitrogens is 2. The van der Waals surface area contributed by atoms with Gasteiger partial charge in [-0.3, -0.25) is 4.68 Å². The summed E-state index contributed by atoms with van der Waals surface area (Å²) in [5.41, 5.74) is 1.43. The van der Waals surface area contributed by atoms with E-state index in [1.807, 2.05) is 6.07 Å². The average Bonchev–Trinajstić information content (AvgIpc) is 3.15. The molecule has 0 amide bonds. The van der Waals surface area contributed by atoms with E-state index in [0.717, 1.165) is 5.56 Å². The molecule has 104 valence electrons. The number of benzene rings is 1. The lowest BCUT2D eigenvalue weighted by Crippen LogP contribution is -2.07.